The number of hydrogen-bond donors (Lipinski definition) is 7. The minimum absolute atomic E-state index is 0.0687. The van der Waals surface area contributed by atoms with Crippen molar-refractivity contribution in [1.82, 2.24) is 0 Å². The maximum atomic E-state index is 12.4. The van der Waals surface area contributed by atoms with Crippen LogP contribution in [0.15, 0.2) is 0 Å². The van der Waals surface area contributed by atoms with E-state index in [2.05, 4.69) is 0 Å². The fraction of sp³-hybridized carbons (Fsp3) is 1.00. The van der Waals surface area contributed by atoms with E-state index in [1.165, 1.54) is 6.92 Å². The first-order chi connectivity index (χ1) is 12.6. The van der Waals surface area contributed by atoms with Gasteiger partial charge in [0.05, 0.1) is 28.1 Å². The molecule has 7 nitrogen and oxygen atoms in total. The molecule has 0 radical (unpaired) electrons. The lowest BCUT2D eigenvalue weighted by Gasteiger charge is -2.61. The fourth-order valence-corrected chi connectivity index (χ4v) is 9.82. The van der Waals surface area contributed by atoms with Crippen molar-refractivity contribution in [2.75, 3.05) is 0 Å². The molecule has 0 heterocycles. The molecule has 0 aromatic heterocycles. The van der Waals surface area contributed by atoms with Gasteiger partial charge in [-0.1, -0.05) is 34.6 Å². The molecule has 0 aromatic carbocycles. The first-order valence-corrected chi connectivity index (χ1v) is 10.5. The Morgan fingerprint density at radius 2 is 1.50 bits per heavy atom. The van der Waals surface area contributed by atoms with Gasteiger partial charge in [-0.05, 0) is 37.5 Å². The van der Waals surface area contributed by atoms with E-state index in [-0.39, 0.29) is 25.2 Å². The monoisotopic (exact) mass is 398 g/mol. The first kappa shape index (κ1) is 19.7. The lowest BCUT2D eigenvalue weighted by Crippen LogP contribution is -2.72. The summed E-state index contributed by atoms with van der Waals surface area (Å²) in [5.74, 6) is -0.869. The Hall–Kier alpha value is -0.280. The molecule has 6 rings (SSSR count). The Balaban J connectivity index is 1.97. The van der Waals surface area contributed by atoms with Gasteiger partial charge >= 0.3 is 0 Å². The molecule has 6 aliphatic carbocycles. The maximum Gasteiger partial charge on any atom is 0.132 e. The van der Waals surface area contributed by atoms with Crippen molar-refractivity contribution in [2.24, 2.45) is 28.1 Å². The molecule has 6 aliphatic rings. The number of hydrogen-bond acceptors (Lipinski definition) is 7. The average molecular weight is 398 g/mol. The lowest BCUT2D eigenvalue weighted by atomic mass is 9.47. The number of aliphatic hydroxyl groups excluding tert-OH is 2. The van der Waals surface area contributed by atoms with Crippen molar-refractivity contribution < 1.29 is 35.7 Å². The van der Waals surface area contributed by atoms with Gasteiger partial charge in [-0.25, -0.2) is 0 Å². The second kappa shape index (κ2) is 4.35. The van der Waals surface area contributed by atoms with Crippen molar-refractivity contribution in [2.45, 2.75) is 101 Å². The average Bonchev–Trinajstić information content (AvgIpc) is 2.84. The van der Waals surface area contributed by atoms with Crippen molar-refractivity contribution in [3.8, 4) is 0 Å². The van der Waals surface area contributed by atoms with Crippen LogP contribution >= 0.6 is 0 Å². The van der Waals surface area contributed by atoms with Gasteiger partial charge in [0.2, 0.25) is 0 Å². The van der Waals surface area contributed by atoms with Crippen LogP contribution in [-0.4, -0.2) is 76.0 Å². The molecule has 11 atom stereocenters. The molecular formula is C21H34O7. The van der Waals surface area contributed by atoms with Gasteiger partial charge in [0.25, 0.3) is 0 Å². The van der Waals surface area contributed by atoms with Crippen LogP contribution < -0.4 is 0 Å². The predicted octanol–water partition coefficient (Wildman–Crippen LogP) is -0.717. The highest BCUT2D eigenvalue weighted by molar-refractivity contribution is 5.56. The highest BCUT2D eigenvalue weighted by Crippen LogP contribution is 2.93. The van der Waals surface area contributed by atoms with E-state index in [1.54, 1.807) is 20.8 Å². The van der Waals surface area contributed by atoms with Crippen molar-refractivity contribution in [3.05, 3.63) is 0 Å². The van der Waals surface area contributed by atoms with Gasteiger partial charge in [0, 0.05) is 5.41 Å². The second-order valence-electron chi connectivity index (χ2n) is 11.5. The van der Waals surface area contributed by atoms with Gasteiger partial charge in [0.1, 0.15) is 22.9 Å². The molecule has 1 spiro atoms. The molecule has 0 aliphatic heterocycles. The minimum Gasteiger partial charge on any atom is -0.392 e. The normalized spacial score (nSPS) is 72.1. The summed E-state index contributed by atoms with van der Waals surface area (Å²) in [5, 5.41) is 83.1. The maximum absolute atomic E-state index is 12.4. The summed E-state index contributed by atoms with van der Waals surface area (Å²) in [5.41, 5.74) is -14.8. The van der Waals surface area contributed by atoms with E-state index < -0.39 is 62.4 Å². The Kier molecular flexibility index (Phi) is 3.06. The SMILES string of the molecule is CC1CC[C@@]2(O)C3(CC4(O)C[C@]2(C)[C@]2(O)C(O)C(O)(C(C)C)C4(C)C32O)C1O. The highest BCUT2D eigenvalue weighted by atomic mass is 16.4. The zero-order valence-corrected chi connectivity index (χ0v) is 17.3. The van der Waals surface area contributed by atoms with E-state index in [1.807, 2.05) is 6.92 Å². The quantitative estimate of drug-likeness (QED) is 0.309. The third-order valence-electron chi connectivity index (χ3n) is 11.1. The van der Waals surface area contributed by atoms with E-state index in [0.717, 1.165) is 0 Å². The van der Waals surface area contributed by atoms with Gasteiger partial charge in [-0.2, -0.15) is 0 Å². The van der Waals surface area contributed by atoms with Crippen LogP contribution in [0, 0.1) is 28.1 Å². The van der Waals surface area contributed by atoms with Crippen LogP contribution in [-0.2, 0) is 0 Å². The third kappa shape index (κ3) is 1.13. The van der Waals surface area contributed by atoms with Crippen LogP contribution in [0.25, 0.3) is 0 Å². The van der Waals surface area contributed by atoms with Gasteiger partial charge in [-0.3, -0.25) is 0 Å². The molecular weight excluding hydrogens is 364 g/mol. The molecule has 7 N–H and O–H groups in total. The van der Waals surface area contributed by atoms with Crippen LogP contribution in [0.3, 0.4) is 0 Å². The number of rotatable bonds is 1. The van der Waals surface area contributed by atoms with Crippen molar-refractivity contribution in [1.29, 1.82) is 0 Å². The predicted molar refractivity (Wildman–Crippen MR) is 97.9 cm³/mol. The first-order valence-electron chi connectivity index (χ1n) is 10.5. The molecule has 160 valence electrons. The standard InChI is InChI=1S/C21H34O7/c1-10(2)19(26)13(23)20(27)14(4)8-16(24)9-17(21(20,28)15(16,19)5)12(22)11(3)6-7-18(14,17)25/h10-13,22-28H,6-9H2,1-5H3/t11?,12?,13?,14-,15?,16?,17?,18-,19?,20+,21?/m0/s1. The van der Waals surface area contributed by atoms with Gasteiger partial charge in [-0.15, -0.1) is 0 Å². The summed E-state index contributed by atoms with van der Waals surface area (Å²) < 4.78 is 0. The Labute approximate surface area is 165 Å². The Bertz CT molecular complexity index is 789. The minimum atomic E-state index is -2.28. The molecule has 0 saturated heterocycles. The summed E-state index contributed by atoms with van der Waals surface area (Å²) in [6, 6.07) is 0. The molecule has 0 amide bonds. The van der Waals surface area contributed by atoms with Crippen LogP contribution in [0.5, 0.6) is 0 Å². The Morgan fingerprint density at radius 1 is 0.929 bits per heavy atom. The van der Waals surface area contributed by atoms with Crippen LogP contribution in [0.4, 0.5) is 0 Å². The molecule has 6 fully saturated rings. The molecule has 6 bridgehead atoms. The zero-order valence-electron chi connectivity index (χ0n) is 17.3. The fourth-order valence-electron chi connectivity index (χ4n) is 9.82. The molecule has 0 aromatic rings. The van der Waals surface area contributed by atoms with E-state index in [4.69, 9.17) is 0 Å². The summed E-state index contributed by atoms with van der Waals surface area (Å²) in [6.07, 6.45) is -2.44. The van der Waals surface area contributed by atoms with Crippen molar-refractivity contribution >= 4 is 0 Å². The zero-order chi connectivity index (χ0) is 21.1. The second-order valence-corrected chi connectivity index (χ2v) is 11.5. The summed E-state index contributed by atoms with van der Waals surface area (Å²) in [6.45, 7) is 8.29. The molecule has 7 heteroatoms. The highest BCUT2D eigenvalue weighted by Gasteiger charge is 3.07. The van der Waals surface area contributed by atoms with Crippen LogP contribution in [0.1, 0.15) is 60.3 Å². The van der Waals surface area contributed by atoms with Crippen LogP contribution in [0.2, 0.25) is 0 Å². The molecule has 8 unspecified atom stereocenters. The molecule has 6 saturated carbocycles. The number of aliphatic hydroxyl groups is 7. The summed E-state index contributed by atoms with van der Waals surface area (Å²) >= 11 is 0. The van der Waals surface area contributed by atoms with Crippen molar-refractivity contribution in [3.63, 3.8) is 0 Å². The van der Waals surface area contributed by atoms with E-state index >= 15 is 0 Å². The largest absolute Gasteiger partial charge is 0.392 e. The van der Waals surface area contributed by atoms with E-state index in [9.17, 15) is 35.7 Å². The third-order valence-corrected chi connectivity index (χ3v) is 11.1. The van der Waals surface area contributed by atoms with Gasteiger partial charge in [0.15, 0.2) is 0 Å². The topological polar surface area (TPSA) is 142 Å². The van der Waals surface area contributed by atoms with E-state index in [0.29, 0.717) is 6.42 Å². The smallest absolute Gasteiger partial charge is 0.132 e. The lowest BCUT2D eigenvalue weighted by molar-refractivity contribution is -0.290. The Morgan fingerprint density at radius 3 is 2.04 bits per heavy atom. The summed E-state index contributed by atoms with van der Waals surface area (Å²) in [4.78, 5) is 0. The van der Waals surface area contributed by atoms with Gasteiger partial charge < -0.3 is 35.7 Å². The summed E-state index contributed by atoms with van der Waals surface area (Å²) in [7, 11) is 0. The molecule has 28 heavy (non-hydrogen) atoms.